The fourth-order valence-electron chi connectivity index (χ4n) is 1.43. The minimum Gasteiger partial charge on any atom is -0.376 e. The number of hydrogen-bond donors (Lipinski definition) is 1. The van der Waals surface area contributed by atoms with E-state index < -0.39 is 17.7 Å². The van der Waals surface area contributed by atoms with Crippen LogP contribution in [-0.4, -0.2) is 31.3 Å². The van der Waals surface area contributed by atoms with Crippen LogP contribution in [0.4, 0.5) is 13.2 Å². The van der Waals surface area contributed by atoms with Crippen LogP contribution in [0, 0.1) is 5.92 Å². The molecule has 0 aromatic carbocycles. The molecule has 0 aromatic heterocycles. The number of halogens is 3. The van der Waals surface area contributed by atoms with Gasteiger partial charge in [-0.2, -0.15) is 13.2 Å². The number of ether oxygens (including phenoxy) is 1. The predicted molar refractivity (Wildman–Crippen MR) is 47.2 cm³/mol. The van der Waals surface area contributed by atoms with E-state index in [-0.39, 0.29) is 12.5 Å². The molecule has 1 aliphatic rings. The van der Waals surface area contributed by atoms with Crippen molar-refractivity contribution in [2.75, 3.05) is 13.7 Å². The summed E-state index contributed by atoms with van der Waals surface area (Å²) in [4.78, 5) is 10.6. The van der Waals surface area contributed by atoms with Crippen molar-refractivity contribution in [3.63, 3.8) is 0 Å². The lowest BCUT2D eigenvalue weighted by Gasteiger charge is -2.28. The number of carbonyl (C=O) groups is 1. The van der Waals surface area contributed by atoms with Gasteiger partial charge in [0.25, 0.3) is 0 Å². The van der Waals surface area contributed by atoms with E-state index in [2.05, 4.69) is 0 Å². The van der Waals surface area contributed by atoms with Crippen LogP contribution >= 0.6 is 0 Å². The first-order valence-electron chi connectivity index (χ1n) is 4.70. The van der Waals surface area contributed by atoms with Gasteiger partial charge in [0.05, 0.1) is 5.60 Å². The van der Waals surface area contributed by atoms with E-state index in [1.54, 1.807) is 6.92 Å². The van der Waals surface area contributed by atoms with Crippen molar-refractivity contribution in [2.45, 2.75) is 31.5 Å². The summed E-state index contributed by atoms with van der Waals surface area (Å²) < 4.78 is 40.8. The molecule has 0 saturated heterocycles. The number of hydrogen-bond acceptors (Lipinski definition) is 2. The number of nitrogens with one attached hydrogen (secondary N) is 1. The molecule has 1 saturated carbocycles. The molecule has 3 nitrogen and oxygen atoms in total. The molecular formula is C9H14F3NO2. The van der Waals surface area contributed by atoms with E-state index in [1.807, 2.05) is 5.32 Å². The van der Waals surface area contributed by atoms with Crippen molar-refractivity contribution < 1.29 is 22.7 Å². The van der Waals surface area contributed by atoms with Gasteiger partial charge in [-0.25, -0.2) is 0 Å². The maximum Gasteiger partial charge on any atom is 0.471 e. The Morgan fingerprint density at radius 2 is 2.00 bits per heavy atom. The predicted octanol–water partition coefficient (Wildman–Crippen LogP) is 1.48. The molecule has 0 aliphatic heterocycles. The van der Waals surface area contributed by atoms with E-state index in [9.17, 15) is 18.0 Å². The molecule has 0 spiro atoms. The van der Waals surface area contributed by atoms with Gasteiger partial charge in [-0.05, 0) is 25.7 Å². The molecule has 0 radical (unpaired) electrons. The van der Waals surface area contributed by atoms with Gasteiger partial charge in [0.2, 0.25) is 0 Å². The third-order valence-electron chi connectivity index (χ3n) is 2.76. The molecule has 0 aromatic rings. The Morgan fingerprint density at radius 1 is 1.47 bits per heavy atom. The minimum absolute atomic E-state index is 0.105. The molecule has 1 fully saturated rings. The van der Waals surface area contributed by atoms with Crippen molar-refractivity contribution in [3.05, 3.63) is 0 Å². The van der Waals surface area contributed by atoms with Gasteiger partial charge in [-0.15, -0.1) is 0 Å². The van der Waals surface area contributed by atoms with Crippen LogP contribution in [0.1, 0.15) is 19.8 Å². The maximum absolute atomic E-state index is 11.9. The molecule has 15 heavy (non-hydrogen) atoms. The average molecular weight is 225 g/mol. The van der Waals surface area contributed by atoms with Gasteiger partial charge in [-0.3, -0.25) is 4.79 Å². The quantitative estimate of drug-likeness (QED) is 0.787. The Bertz CT molecular complexity index is 250. The molecule has 0 bridgehead atoms. The summed E-state index contributed by atoms with van der Waals surface area (Å²) in [6.45, 7) is 1.60. The van der Waals surface area contributed by atoms with Crippen LogP contribution in [-0.2, 0) is 9.53 Å². The average Bonchev–Trinajstić information content (AvgIpc) is 2.95. The highest BCUT2D eigenvalue weighted by Crippen LogP contribution is 2.41. The molecule has 1 N–H and O–H groups in total. The van der Waals surface area contributed by atoms with E-state index >= 15 is 0 Å². The summed E-state index contributed by atoms with van der Waals surface area (Å²) >= 11 is 0. The monoisotopic (exact) mass is 225 g/mol. The number of carbonyl (C=O) groups excluding carboxylic acids is 1. The highest BCUT2D eigenvalue weighted by molar-refractivity contribution is 5.81. The smallest absolute Gasteiger partial charge is 0.376 e. The highest BCUT2D eigenvalue weighted by atomic mass is 19.4. The first kappa shape index (κ1) is 12.3. The number of methoxy groups -OCH3 is 1. The Labute approximate surface area is 86.0 Å². The molecule has 1 unspecified atom stereocenters. The fourth-order valence-corrected chi connectivity index (χ4v) is 1.43. The van der Waals surface area contributed by atoms with E-state index in [0.717, 1.165) is 12.8 Å². The lowest BCUT2D eigenvalue weighted by Crippen LogP contribution is -2.47. The first-order chi connectivity index (χ1) is 6.79. The van der Waals surface area contributed by atoms with Gasteiger partial charge < -0.3 is 10.1 Å². The van der Waals surface area contributed by atoms with Gasteiger partial charge in [0.1, 0.15) is 0 Å². The molecule has 6 heteroatoms. The van der Waals surface area contributed by atoms with Gasteiger partial charge in [-0.1, -0.05) is 0 Å². The third-order valence-corrected chi connectivity index (χ3v) is 2.76. The lowest BCUT2D eigenvalue weighted by atomic mass is 10.0. The number of rotatable bonds is 4. The lowest BCUT2D eigenvalue weighted by molar-refractivity contribution is -0.174. The van der Waals surface area contributed by atoms with Crippen molar-refractivity contribution in [1.29, 1.82) is 0 Å². The minimum atomic E-state index is -4.82. The van der Waals surface area contributed by atoms with E-state index in [1.165, 1.54) is 7.11 Å². The van der Waals surface area contributed by atoms with Crippen molar-refractivity contribution in [1.82, 2.24) is 5.32 Å². The highest BCUT2D eigenvalue weighted by Gasteiger charge is 2.44. The Kier molecular flexibility index (Phi) is 3.28. The Hall–Kier alpha value is -0.780. The van der Waals surface area contributed by atoms with Crippen molar-refractivity contribution >= 4 is 5.91 Å². The zero-order valence-electron chi connectivity index (χ0n) is 8.65. The molecule has 0 heterocycles. The summed E-state index contributed by atoms with van der Waals surface area (Å²) in [6, 6.07) is 0. The SMILES string of the molecule is COC(C)(CNC(=O)C(F)(F)F)C1CC1. The van der Waals surface area contributed by atoms with E-state index in [0.29, 0.717) is 0 Å². The number of amides is 1. The van der Waals surface area contributed by atoms with Crippen LogP contribution in [0.25, 0.3) is 0 Å². The standard InChI is InChI=1S/C9H14F3NO2/c1-8(15-2,6-3-4-6)5-13-7(14)9(10,11)12/h6H,3-5H2,1-2H3,(H,13,14). The van der Waals surface area contributed by atoms with E-state index in [4.69, 9.17) is 4.74 Å². The fraction of sp³-hybridized carbons (Fsp3) is 0.889. The second kappa shape index (κ2) is 4.00. The summed E-state index contributed by atoms with van der Waals surface area (Å²) in [6.07, 6.45) is -2.95. The van der Waals surface area contributed by atoms with Gasteiger partial charge in [0.15, 0.2) is 0 Å². The Morgan fingerprint density at radius 3 is 2.33 bits per heavy atom. The van der Waals surface area contributed by atoms with Crippen LogP contribution in [0.15, 0.2) is 0 Å². The van der Waals surface area contributed by atoms with Crippen LogP contribution in [0.5, 0.6) is 0 Å². The molecular weight excluding hydrogens is 211 g/mol. The maximum atomic E-state index is 11.9. The van der Waals surface area contributed by atoms with Crippen LogP contribution < -0.4 is 5.32 Å². The summed E-state index contributed by atoms with van der Waals surface area (Å²) in [5.74, 6) is -1.66. The Balaban J connectivity index is 2.44. The van der Waals surface area contributed by atoms with Gasteiger partial charge >= 0.3 is 12.1 Å². The summed E-state index contributed by atoms with van der Waals surface area (Å²) in [5, 5.41) is 1.85. The zero-order chi connectivity index (χ0) is 11.7. The van der Waals surface area contributed by atoms with Crippen LogP contribution in [0.3, 0.4) is 0 Å². The second-order valence-electron chi connectivity index (χ2n) is 3.97. The topological polar surface area (TPSA) is 38.3 Å². The third kappa shape index (κ3) is 3.09. The normalized spacial score (nSPS) is 20.9. The second-order valence-corrected chi connectivity index (χ2v) is 3.97. The van der Waals surface area contributed by atoms with Crippen LogP contribution in [0.2, 0.25) is 0 Å². The summed E-state index contributed by atoms with van der Waals surface area (Å²) in [7, 11) is 1.44. The zero-order valence-corrected chi connectivity index (χ0v) is 8.65. The summed E-state index contributed by atoms with van der Waals surface area (Å²) in [5.41, 5.74) is -0.680. The van der Waals surface area contributed by atoms with Crippen molar-refractivity contribution in [2.24, 2.45) is 5.92 Å². The molecule has 1 aliphatic carbocycles. The largest absolute Gasteiger partial charge is 0.471 e. The molecule has 1 amide bonds. The number of alkyl halides is 3. The molecule has 1 rings (SSSR count). The van der Waals surface area contributed by atoms with Crippen molar-refractivity contribution in [3.8, 4) is 0 Å². The molecule has 88 valence electrons. The molecule has 1 atom stereocenters. The first-order valence-corrected chi connectivity index (χ1v) is 4.70. The van der Waals surface area contributed by atoms with Gasteiger partial charge in [0, 0.05) is 13.7 Å².